The number of thiophene rings is 2. The van der Waals surface area contributed by atoms with Gasteiger partial charge < -0.3 is 0 Å². The number of hydrogen-bond acceptors (Lipinski definition) is 3. The second kappa shape index (κ2) is 8.43. The first kappa shape index (κ1) is 21.3. The van der Waals surface area contributed by atoms with Crippen LogP contribution in [0.5, 0.6) is 0 Å². The van der Waals surface area contributed by atoms with Gasteiger partial charge in [-0.1, -0.05) is 45.1 Å². The topological polar surface area (TPSA) is 17.1 Å². The fourth-order valence-corrected chi connectivity index (χ4v) is 10.4. The number of ketones is 1. The molecule has 0 spiro atoms. The third-order valence-corrected chi connectivity index (χ3v) is 12.4. The van der Waals surface area contributed by atoms with Crippen LogP contribution in [0.2, 0.25) is 0 Å². The van der Waals surface area contributed by atoms with Gasteiger partial charge in [0, 0.05) is 29.3 Å². The van der Waals surface area contributed by atoms with E-state index in [9.17, 15) is 4.79 Å². The largest absolute Gasteiger partial charge is 0.288 e. The van der Waals surface area contributed by atoms with Crippen LogP contribution in [0, 0.1) is 11.3 Å². The molecule has 2 aromatic rings. The molecule has 0 N–H and O–H groups in total. The highest BCUT2D eigenvalue weighted by atomic mass is 32.2. The maximum Gasteiger partial charge on any atom is 0.197 e. The predicted octanol–water partition coefficient (Wildman–Crippen LogP) is 8.15. The van der Waals surface area contributed by atoms with Gasteiger partial charge in [0.15, 0.2) is 5.78 Å². The lowest BCUT2D eigenvalue weighted by Crippen LogP contribution is -2.38. The zero-order valence-corrected chi connectivity index (χ0v) is 21.2. The summed E-state index contributed by atoms with van der Waals surface area (Å²) in [6.07, 6.45) is 10.5. The van der Waals surface area contributed by atoms with Crippen molar-refractivity contribution in [1.82, 2.24) is 0 Å². The van der Waals surface area contributed by atoms with Crippen molar-refractivity contribution in [3.05, 3.63) is 79.9 Å². The zero-order valence-electron chi connectivity index (χ0n) is 18.0. The molecule has 0 saturated heterocycles. The van der Waals surface area contributed by atoms with Gasteiger partial charge >= 0.3 is 0 Å². The van der Waals surface area contributed by atoms with E-state index >= 15 is 0 Å². The van der Waals surface area contributed by atoms with Crippen LogP contribution in [0.15, 0.2) is 70.1 Å². The summed E-state index contributed by atoms with van der Waals surface area (Å²) in [5.74, 6) is 0.808. The van der Waals surface area contributed by atoms with Gasteiger partial charge in [0.1, 0.15) is 0 Å². The molecule has 1 saturated carbocycles. The summed E-state index contributed by atoms with van der Waals surface area (Å²) in [7, 11) is -0.469. The fraction of sp³-hybridized carbons (Fsp3) is 0.269. The van der Waals surface area contributed by atoms with E-state index in [1.54, 1.807) is 22.7 Å². The van der Waals surface area contributed by atoms with Crippen molar-refractivity contribution in [2.75, 3.05) is 0 Å². The van der Waals surface area contributed by atoms with E-state index in [0.29, 0.717) is 11.7 Å². The lowest BCUT2D eigenvalue weighted by atomic mass is 9.72. The highest BCUT2D eigenvalue weighted by Gasteiger charge is 2.38. The van der Waals surface area contributed by atoms with Gasteiger partial charge in [-0.05, 0) is 70.0 Å². The Morgan fingerprint density at radius 2 is 1.32 bits per heavy atom. The van der Waals surface area contributed by atoms with E-state index in [1.807, 2.05) is 0 Å². The quantitative estimate of drug-likeness (QED) is 0.395. The van der Waals surface area contributed by atoms with Crippen molar-refractivity contribution >= 4 is 69.0 Å². The second-order valence-corrected chi connectivity index (χ2v) is 14.7. The third-order valence-electron chi connectivity index (χ3n) is 6.05. The molecule has 0 aromatic carbocycles. The zero-order chi connectivity index (χ0) is 21.6. The first-order chi connectivity index (χ1) is 14.9. The summed E-state index contributed by atoms with van der Waals surface area (Å²) >= 11 is 3.54. The summed E-state index contributed by atoms with van der Waals surface area (Å²) in [4.78, 5) is 21.5. The Balaban J connectivity index is 1.65. The molecular formula is C26H26OS4. The van der Waals surface area contributed by atoms with Crippen molar-refractivity contribution < 1.29 is 4.79 Å². The van der Waals surface area contributed by atoms with Gasteiger partial charge in [-0.3, -0.25) is 4.79 Å². The van der Waals surface area contributed by atoms with Gasteiger partial charge in [-0.2, -0.15) is 0 Å². The average Bonchev–Trinajstić information content (AvgIpc) is 3.54. The number of rotatable bonds is 2. The SMILES string of the molecule is CC(C)(C)C1C/C(=S2/C=CC=C2c2cccs2)C(=O)/C(=S2\C=CC=C2c2cccs2)C1. The molecule has 0 bridgehead atoms. The van der Waals surface area contributed by atoms with Crippen molar-refractivity contribution in [2.45, 2.75) is 33.6 Å². The highest BCUT2D eigenvalue weighted by Crippen LogP contribution is 2.50. The maximum absolute atomic E-state index is 14.0. The molecule has 1 nitrogen and oxygen atoms in total. The van der Waals surface area contributed by atoms with E-state index in [0.717, 1.165) is 22.6 Å². The molecule has 2 aromatic heterocycles. The number of carbonyl (C=O) groups is 1. The first-order valence-electron chi connectivity index (χ1n) is 10.5. The van der Waals surface area contributed by atoms with Crippen LogP contribution < -0.4 is 0 Å². The van der Waals surface area contributed by atoms with E-state index < -0.39 is 0 Å². The predicted molar refractivity (Wildman–Crippen MR) is 145 cm³/mol. The lowest BCUT2D eigenvalue weighted by molar-refractivity contribution is -0.107. The van der Waals surface area contributed by atoms with Crippen LogP contribution in [0.1, 0.15) is 43.4 Å². The van der Waals surface area contributed by atoms with Crippen molar-refractivity contribution in [1.29, 1.82) is 0 Å². The second-order valence-electron chi connectivity index (χ2n) is 9.00. The number of allylic oxidation sites excluding steroid dienone is 4. The molecule has 160 valence electrons. The van der Waals surface area contributed by atoms with Crippen molar-refractivity contribution in [3.8, 4) is 0 Å². The molecule has 0 radical (unpaired) electrons. The monoisotopic (exact) mass is 482 g/mol. The molecule has 1 fully saturated rings. The summed E-state index contributed by atoms with van der Waals surface area (Å²) in [6.45, 7) is 6.99. The fourth-order valence-electron chi connectivity index (χ4n) is 4.20. The van der Waals surface area contributed by atoms with Crippen LogP contribution >= 0.6 is 43.6 Å². The Morgan fingerprint density at radius 3 is 1.71 bits per heavy atom. The molecule has 4 heterocycles. The number of carbonyl (C=O) groups excluding carboxylic acids is 1. The van der Waals surface area contributed by atoms with E-state index in [1.165, 1.54) is 19.6 Å². The standard InChI is InChI=1S/C26H26OS4/c1-26(2,3)18-16-23(30-14-6-10-21(30)19-8-4-12-28-19)25(27)24(17-18)31-15-7-11-22(31)20-9-5-13-29-20/h4-15,18H,16-17H2,1-3H3. The average molecular weight is 483 g/mol. The molecule has 2 aliphatic heterocycles. The Labute approximate surface area is 197 Å². The smallest absolute Gasteiger partial charge is 0.197 e. The molecule has 3 aliphatic rings. The van der Waals surface area contributed by atoms with Crippen LogP contribution in [-0.4, -0.2) is 15.5 Å². The minimum Gasteiger partial charge on any atom is -0.288 e. The molecule has 2 unspecified atom stereocenters. The van der Waals surface area contributed by atoms with Crippen LogP contribution in [0.3, 0.4) is 0 Å². The van der Waals surface area contributed by atoms with Gasteiger partial charge in [0.05, 0.1) is 0 Å². The van der Waals surface area contributed by atoms with Crippen LogP contribution in [0.25, 0.3) is 9.81 Å². The van der Waals surface area contributed by atoms with Gasteiger partial charge in [-0.15, -0.1) is 43.6 Å². The molecule has 5 rings (SSSR count). The van der Waals surface area contributed by atoms with Crippen molar-refractivity contribution in [3.63, 3.8) is 0 Å². The Kier molecular flexibility index (Phi) is 5.80. The van der Waals surface area contributed by atoms with Gasteiger partial charge in [-0.25, -0.2) is 0 Å². The van der Waals surface area contributed by atoms with Gasteiger partial charge in [0.2, 0.25) is 0 Å². The van der Waals surface area contributed by atoms with Gasteiger partial charge in [0.25, 0.3) is 0 Å². The molecule has 31 heavy (non-hydrogen) atoms. The van der Waals surface area contributed by atoms with Crippen LogP contribution in [0.4, 0.5) is 0 Å². The Bertz CT molecular complexity index is 1120. The minimum absolute atomic E-state index is 0.163. The summed E-state index contributed by atoms with van der Waals surface area (Å²) in [6, 6.07) is 8.57. The van der Waals surface area contributed by atoms with E-state index in [-0.39, 0.29) is 26.4 Å². The Morgan fingerprint density at radius 1 is 0.839 bits per heavy atom. The summed E-state index contributed by atoms with van der Waals surface area (Å²) in [5, 5.41) is 8.77. The maximum atomic E-state index is 14.0. The number of hydrogen-bond donors (Lipinski definition) is 0. The highest BCUT2D eigenvalue weighted by molar-refractivity contribution is 8.29. The van der Waals surface area contributed by atoms with E-state index in [2.05, 4.69) is 90.9 Å². The molecule has 2 atom stereocenters. The molecule has 0 amide bonds. The first-order valence-corrected chi connectivity index (χ1v) is 14.8. The van der Waals surface area contributed by atoms with Crippen LogP contribution in [-0.2, 0) is 4.79 Å². The Hall–Kier alpha value is -1.53. The third kappa shape index (κ3) is 4.02. The summed E-state index contributed by atoms with van der Waals surface area (Å²) < 4.78 is 0. The normalized spacial score (nSPS) is 28.4. The van der Waals surface area contributed by atoms with E-state index in [4.69, 9.17) is 0 Å². The molecule has 5 heteroatoms. The number of Topliss-reactive ketones (excluding diaryl/α,β-unsaturated/α-hetero) is 1. The molecular weight excluding hydrogens is 457 g/mol. The van der Waals surface area contributed by atoms with Crippen molar-refractivity contribution in [2.24, 2.45) is 11.3 Å². The summed E-state index contributed by atoms with van der Waals surface area (Å²) in [5.41, 5.74) is 0.163. The minimum atomic E-state index is -0.234. The molecule has 1 aliphatic carbocycles. The lowest BCUT2D eigenvalue weighted by Gasteiger charge is -2.37.